The molecule has 1 rings (SSSR count). The molecule has 1 unspecified atom stereocenters. The first-order valence-corrected chi connectivity index (χ1v) is 10.5. The van der Waals surface area contributed by atoms with Crippen LogP contribution in [0.4, 0.5) is 4.79 Å². The number of nitrogens with one attached hydrogen (secondary N) is 3. The fourth-order valence-electron chi connectivity index (χ4n) is 3.23. The first kappa shape index (κ1) is 22.5. The number of unbranched alkanes of at least 4 members (excludes halogenated alkanes) is 13. The monoisotopic (exact) mass is 367 g/mol. The summed E-state index contributed by atoms with van der Waals surface area (Å²) in [6, 6.07) is -1.68. The molecule has 26 heavy (non-hydrogen) atoms. The van der Waals surface area contributed by atoms with E-state index >= 15 is 0 Å². The second kappa shape index (κ2) is 14.6. The Hall–Kier alpha value is -1.59. The van der Waals surface area contributed by atoms with Crippen LogP contribution in [0.25, 0.3) is 0 Å². The molecule has 0 saturated carbocycles. The van der Waals surface area contributed by atoms with Gasteiger partial charge in [0.1, 0.15) is 0 Å². The molecule has 1 fully saturated rings. The van der Waals surface area contributed by atoms with Gasteiger partial charge in [-0.15, -0.1) is 0 Å². The quantitative estimate of drug-likeness (QED) is 0.220. The average molecular weight is 368 g/mol. The Morgan fingerprint density at radius 3 is 1.69 bits per heavy atom. The third-order valence-corrected chi connectivity index (χ3v) is 4.87. The van der Waals surface area contributed by atoms with Gasteiger partial charge in [-0.25, -0.2) is 4.79 Å². The van der Waals surface area contributed by atoms with Gasteiger partial charge in [0.25, 0.3) is 11.8 Å². The maximum atomic E-state index is 11.7. The number of carbonyl (C=O) groups is 3. The predicted octanol–water partition coefficient (Wildman–Crippen LogP) is 3.79. The molecule has 6 nitrogen and oxygen atoms in total. The molecule has 0 spiro atoms. The van der Waals surface area contributed by atoms with Crippen molar-refractivity contribution in [3.8, 4) is 0 Å². The standard InChI is InChI=1S/C20H37N3O3/c1-2-3-4-5-6-7-8-9-10-11-12-13-14-15-16-21-18(24)17-19(25)23-20(26)22-17/h17H,2-16H2,1H3,(H,21,24)(H2,22,23,25,26). The van der Waals surface area contributed by atoms with Gasteiger partial charge < -0.3 is 10.6 Å². The molecule has 4 amide bonds. The molecule has 1 aliphatic rings. The first-order valence-electron chi connectivity index (χ1n) is 10.5. The Balaban J connectivity index is 1.80. The predicted molar refractivity (Wildman–Crippen MR) is 104 cm³/mol. The summed E-state index contributed by atoms with van der Waals surface area (Å²) in [5, 5.41) is 7.05. The van der Waals surface area contributed by atoms with E-state index in [0.717, 1.165) is 12.8 Å². The van der Waals surface area contributed by atoms with E-state index in [4.69, 9.17) is 0 Å². The molecule has 1 aliphatic heterocycles. The molecule has 3 N–H and O–H groups in total. The number of hydrogen-bond acceptors (Lipinski definition) is 3. The van der Waals surface area contributed by atoms with E-state index in [1.807, 2.05) is 0 Å². The normalized spacial score (nSPS) is 16.4. The van der Waals surface area contributed by atoms with Gasteiger partial charge in [0.15, 0.2) is 6.04 Å². The van der Waals surface area contributed by atoms with E-state index in [9.17, 15) is 14.4 Å². The SMILES string of the molecule is CCCCCCCCCCCCCCCCNC(=O)C1NC(=O)NC1=O. The summed E-state index contributed by atoms with van der Waals surface area (Å²) in [7, 11) is 0. The van der Waals surface area contributed by atoms with Crippen molar-refractivity contribution in [2.45, 2.75) is 103 Å². The average Bonchev–Trinajstić information content (AvgIpc) is 2.96. The van der Waals surface area contributed by atoms with Gasteiger partial charge in [-0.05, 0) is 6.42 Å². The van der Waals surface area contributed by atoms with Crippen molar-refractivity contribution in [3.63, 3.8) is 0 Å². The van der Waals surface area contributed by atoms with E-state index < -0.39 is 23.9 Å². The molecular formula is C20H37N3O3. The number of rotatable bonds is 16. The number of hydrogen-bond donors (Lipinski definition) is 3. The lowest BCUT2D eigenvalue weighted by Crippen LogP contribution is -2.45. The van der Waals surface area contributed by atoms with Crippen LogP contribution in [0.2, 0.25) is 0 Å². The highest BCUT2D eigenvalue weighted by atomic mass is 16.2. The Bertz CT molecular complexity index is 427. The highest BCUT2D eigenvalue weighted by Gasteiger charge is 2.35. The van der Waals surface area contributed by atoms with Crippen molar-refractivity contribution in [2.24, 2.45) is 0 Å². The smallest absolute Gasteiger partial charge is 0.322 e. The zero-order valence-electron chi connectivity index (χ0n) is 16.4. The number of carbonyl (C=O) groups excluding carboxylic acids is 3. The molecule has 1 saturated heterocycles. The molecule has 6 heteroatoms. The number of imide groups is 1. The van der Waals surface area contributed by atoms with Crippen molar-refractivity contribution in [1.82, 2.24) is 16.0 Å². The Kier molecular flexibility index (Phi) is 12.6. The molecule has 1 atom stereocenters. The van der Waals surface area contributed by atoms with Crippen molar-refractivity contribution < 1.29 is 14.4 Å². The van der Waals surface area contributed by atoms with E-state index in [2.05, 4.69) is 22.9 Å². The van der Waals surface area contributed by atoms with Crippen molar-refractivity contribution in [2.75, 3.05) is 6.54 Å². The van der Waals surface area contributed by atoms with Gasteiger partial charge in [0, 0.05) is 6.54 Å². The maximum absolute atomic E-state index is 11.7. The van der Waals surface area contributed by atoms with Crippen molar-refractivity contribution in [3.05, 3.63) is 0 Å². The Morgan fingerprint density at radius 2 is 1.27 bits per heavy atom. The maximum Gasteiger partial charge on any atom is 0.322 e. The molecule has 0 aromatic carbocycles. The molecule has 0 aromatic rings. The van der Waals surface area contributed by atoms with Gasteiger partial charge in [0.05, 0.1) is 0 Å². The van der Waals surface area contributed by atoms with E-state index in [0.29, 0.717) is 6.54 Å². The van der Waals surface area contributed by atoms with Gasteiger partial charge in [-0.3, -0.25) is 14.9 Å². The van der Waals surface area contributed by atoms with Gasteiger partial charge in [-0.1, -0.05) is 90.4 Å². The third kappa shape index (κ3) is 10.4. The summed E-state index contributed by atoms with van der Waals surface area (Å²) in [5.74, 6) is -1.00. The number of urea groups is 1. The summed E-state index contributed by atoms with van der Waals surface area (Å²) in [6.07, 6.45) is 18.1. The van der Waals surface area contributed by atoms with Gasteiger partial charge >= 0.3 is 6.03 Å². The fraction of sp³-hybridized carbons (Fsp3) is 0.850. The highest BCUT2D eigenvalue weighted by Crippen LogP contribution is 2.12. The molecule has 150 valence electrons. The van der Waals surface area contributed by atoms with Crippen LogP contribution in [-0.2, 0) is 9.59 Å². The summed E-state index contributed by atoms with van der Waals surface area (Å²) in [6.45, 7) is 2.81. The summed E-state index contributed by atoms with van der Waals surface area (Å²) in [5.41, 5.74) is 0. The second-order valence-electron chi connectivity index (χ2n) is 7.28. The molecular weight excluding hydrogens is 330 g/mol. The second-order valence-corrected chi connectivity index (χ2v) is 7.28. The summed E-state index contributed by atoms with van der Waals surface area (Å²) in [4.78, 5) is 34.0. The minimum Gasteiger partial charge on any atom is -0.354 e. The highest BCUT2D eigenvalue weighted by molar-refractivity contribution is 6.15. The van der Waals surface area contributed by atoms with Crippen LogP contribution in [-0.4, -0.2) is 30.4 Å². The third-order valence-electron chi connectivity index (χ3n) is 4.87. The van der Waals surface area contributed by atoms with Gasteiger partial charge in [-0.2, -0.15) is 0 Å². The topological polar surface area (TPSA) is 87.3 Å². The molecule has 0 radical (unpaired) electrons. The lowest BCUT2D eigenvalue weighted by atomic mass is 10.0. The Morgan fingerprint density at radius 1 is 0.808 bits per heavy atom. The zero-order valence-corrected chi connectivity index (χ0v) is 16.4. The number of amides is 4. The van der Waals surface area contributed by atoms with Crippen LogP contribution in [0.3, 0.4) is 0 Å². The minimum absolute atomic E-state index is 0.428. The first-order chi connectivity index (χ1) is 12.6. The van der Waals surface area contributed by atoms with Crippen LogP contribution in [0.1, 0.15) is 96.8 Å². The van der Waals surface area contributed by atoms with E-state index in [-0.39, 0.29) is 0 Å². The van der Waals surface area contributed by atoms with Crippen LogP contribution >= 0.6 is 0 Å². The van der Waals surface area contributed by atoms with Crippen molar-refractivity contribution in [1.29, 1.82) is 0 Å². The van der Waals surface area contributed by atoms with Crippen LogP contribution < -0.4 is 16.0 Å². The van der Waals surface area contributed by atoms with Crippen molar-refractivity contribution >= 4 is 17.8 Å². The van der Waals surface area contributed by atoms with Crippen LogP contribution in [0, 0.1) is 0 Å². The van der Waals surface area contributed by atoms with E-state index in [1.165, 1.54) is 77.0 Å². The van der Waals surface area contributed by atoms with E-state index in [1.54, 1.807) is 0 Å². The lowest BCUT2D eigenvalue weighted by Gasteiger charge is -2.08. The molecule has 0 aliphatic carbocycles. The minimum atomic E-state index is -1.07. The fourth-order valence-corrected chi connectivity index (χ4v) is 3.23. The van der Waals surface area contributed by atoms with Crippen LogP contribution in [0.5, 0.6) is 0 Å². The summed E-state index contributed by atoms with van der Waals surface area (Å²) >= 11 is 0. The largest absolute Gasteiger partial charge is 0.354 e. The summed E-state index contributed by atoms with van der Waals surface area (Å²) < 4.78 is 0. The lowest BCUT2D eigenvalue weighted by molar-refractivity contribution is -0.129. The molecule has 1 heterocycles. The Labute approximate surface area is 158 Å². The van der Waals surface area contributed by atoms with Gasteiger partial charge in [0.2, 0.25) is 0 Å². The van der Waals surface area contributed by atoms with Crippen LogP contribution in [0.15, 0.2) is 0 Å². The molecule has 0 bridgehead atoms. The molecule has 0 aromatic heterocycles. The zero-order chi connectivity index (χ0) is 19.0.